The standard InChI is InChI=1S/C28H30ClF2N5O3/c1-6-22(16(2)12-32-15-35-23(18-7-8-18)11-25(34-35)28(4,5)38)36-17(3)9-24(26(29)27(36)37)39-14-21-20(31)10-19(30)13-33-21/h6,9-13,18,38H,1,7-8,14-15H2,2-5H3/b22-16+,32-12-. The number of rotatable bonds is 10. The summed E-state index contributed by atoms with van der Waals surface area (Å²) in [5.41, 5.74) is 1.52. The van der Waals surface area contributed by atoms with E-state index in [1.54, 1.807) is 44.7 Å². The number of halogens is 3. The number of aryl methyl sites for hydroxylation is 1. The molecule has 1 aliphatic carbocycles. The summed E-state index contributed by atoms with van der Waals surface area (Å²) in [4.78, 5) is 21.4. The maximum absolute atomic E-state index is 13.9. The van der Waals surface area contributed by atoms with E-state index in [-0.39, 0.29) is 29.7 Å². The van der Waals surface area contributed by atoms with E-state index in [1.165, 1.54) is 10.6 Å². The predicted octanol–water partition coefficient (Wildman–Crippen LogP) is 5.51. The topological polar surface area (TPSA) is 94.5 Å². The third kappa shape index (κ3) is 6.34. The fraction of sp³-hybridized carbons (Fsp3) is 0.357. The van der Waals surface area contributed by atoms with Crippen molar-refractivity contribution in [1.82, 2.24) is 19.3 Å². The molecule has 4 rings (SSSR count). The lowest BCUT2D eigenvalue weighted by atomic mass is 10.1. The number of aromatic nitrogens is 4. The number of pyridine rings is 2. The number of aliphatic hydroxyl groups is 1. The highest BCUT2D eigenvalue weighted by molar-refractivity contribution is 6.31. The Hall–Kier alpha value is -3.63. The van der Waals surface area contributed by atoms with Gasteiger partial charge in [0, 0.05) is 35.7 Å². The second-order valence-electron chi connectivity index (χ2n) is 9.99. The number of allylic oxidation sites excluding steroid dienone is 3. The van der Waals surface area contributed by atoms with Crippen molar-refractivity contribution < 1.29 is 18.6 Å². The van der Waals surface area contributed by atoms with Crippen molar-refractivity contribution in [3.63, 3.8) is 0 Å². The molecule has 0 bridgehead atoms. The number of aliphatic imine (C=N–C) groups is 1. The Kier molecular flexibility index (Phi) is 8.17. The Morgan fingerprint density at radius 2 is 2.05 bits per heavy atom. The molecule has 39 heavy (non-hydrogen) atoms. The molecule has 1 saturated carbocycles. The minimum Gasteiger partial charge on any atom is -0.485 e. The van der Waals surface area contributed by atoms with E-state index in [0.29, 0.717) is 34.6 Å². The summed E-state index contributed by atoms with van der Waals surface area (Å²) >= 11 is 6.33. The van der Waals surface area contributed by atoms with Gasteiger partial charge in [-0.05, 0) is 58.3 Å². The highest BCUT2D eigenvalue weighted by Crippen LogP contribution is 2.41. The summed E-state index contributed by atoms with van der Waals surface area (Å²) in [5, 5.41) is 14.7. The van der Waals surface area contributed by atoms with Crippen molar-refractivity contribution in [1.29, 1.82) is 0 Å². The third-order valence-corrected chi connectivity index (χ3v) is 6.67. The number of hydrogen-bond acceptors (Lipinski definition) is 6. The Labute approximate surface area is 229 Å². The fourth-order valence-corrected chi connectivity index (χ4v) is 4.28. The van der Waals surface area contributed by atoms with Crippen LogP contribution in [0.25, 0.3) is 5.70 Å². The predicted molar refractivity (Wildman–Crippen MR) is 146 cm³/mol. The van der Waals surface area contributed by atoms with Gasteiger partial charge in [0.15, 0.2) is 5.82 Å². The molecule has 1 aliphatic rings. The third-order valence-electron chi connectivity index (χ3n) is 6.32. The molecular weight excluding hydrogens is 528 g/mol. The minimum atomic E-state index is -1.05. The Morgan fingerprint density at radius 1 is 1.33 bits per heavy atom. The van der Waals surface area contributed by atoms with Gasteiger partial charge in [0.05, 0.1) is 17.6 Å². The molecule has 1 fully saturated rings. The van der Waals surface area contributed by atoms with Gasteiger partial charge in [-0.1, -0.05) is 18.2 Å². The van der Waals surface area contributed by atoms with Crippen LogP contribution in [0.4, 0.5) is 8.78 Å². The SMILES string of the molecule is C=C/C(=C(C)\C=N/Cn1nc(C(C)(C)O)cc1C1CC1)n1c(C)cc(OCc2ncc(F)cc2F)c(Cl)c1=O. The summed E-state index contributed by atoms with van der Waals surface area (Å²) < 4.78 is 35.8. The summed E-state index contributed by atoms with van der Waals surface area (Å²) in [6.45, 7) is 10.6. The van der Waals surface area contributed by atoms with Crippen LogP contribution in [-0.4, -0.2) is 30.7 Å². The molecule has 0 amide bonds. The first kappa shape index (κ1) is 28.4. The van der Waals surface area contributed by atoms with Gasteiger partial charge in [-0.3, -0.25) is 19.3 Å². The highest BCUT2D eigenvalue weighted by atomic mass is 35.5. The lowest BCUT2D eigenvalue weighted by molar-refractivity contribution is 0.0730. The normalized spacial score (nSPS) is 14.6. The summed E-state index contributed by atoms with van der Waals surface area (Å²) in [7, 11) is 0. The quantitative estimate of drug-likeness (QED) is 0.262. The van der Waals surface area contributed by atoms with E-state index in [9.17, 15) is 18.7 Å². The van der Waals surface area contributed by atoms with E-state index < -0.39 is 22.8 Å². The molecule has 0 saturated heterocycles. The molecule has 0 atom stereocenters. The van der Waals surface area contributed by atoms with Crippen molar-refractivity contribution in [2.45, 2.75) is 65.3 Å². The molecule has 1 N–H and O–H groups in total. The van der Waals surface area contributed by atoms with Gasteiger partial charge >= 0.3 is 0 Å². The molecule has 0 aliphatic heterocycles. The second-order valence-corrected chi connectivity index (χ2v) is 10.4. The van der Waals surface area contributed by atoms with E-state index in [4.69, 9.17) is 16.3 Å². The molecule has 0 radical (unpaired) electrons. The zero-order valence-electron chi connectivity index (χ0n) is 22.2. The average molecular weight is 558 g/mol. The zero-order valence-corrected chi connectivity index (χ0v) is 23.0. The van der Waals surface area contributed by atoms with Crippen LogP contribution in [0.2, 0.25) is 5.02 Å². The summed E-state index contributed by atoms with van der Waals surface area (Å²) in [5.74, 6) is -1.20. The molecule has 0 aromatic carbocycles. The smallest absolute Gasteiger partial charge is 0.277 e. The van der Waals surface area contributed by atoms with Gasteiger partial charge in [-0.2, -0.15) is 5.10 Å². The van der Waals surface area contributed by atoms with E-state index in [2.05, 4.69) is 21.7 Å². The number of nitrogens with zero attached hydrogens (tertiary/aromatic N) is 5. The fourth-order valence-electron chi connectivity index (χ4n) is 4.08. The van der Waals surface area contributed by atoms with Crippen LogP contribution in [0.15, 0.2) is 52.4 Å². The van der Waals surface area contributed by atoms with Crippen LogP contribution in [0.5, 0.6) is 5.75 Å². The molecule has 0 spiro atoms. The van der Waals surface area contributed by atoms with Crippen molar-refractivity contribution in [2.24, 2.45) is 4.99 Å². The zero-order chi connectivity index (χ0) is 28.5. The van der Waals surface area contributed by atoms with Crippen LogP contribution >= 0.6 is 11.6 Å². The van der Waals surface area contributed by atoms with E-state index >= 15 is 0 Å². The van der Waals surface area contributed by atoms with Gasteiger partial charge < -0.3 is 9.84 Å². The lowest BCUT2D eigenvalue weighted by Gasteiger charge is -2.16. The molecule has 3 aromatic rings. The molecule has 8 nitrogen and oxygen atoms in total. The molecule has 206 valence electrons. The van der Waals surface area contributed by atoms with E-state index in [1.807, 2.05) is 6.07 Å². The summed E-state index contributed by atoms with van der Waals surface area (Å²) in [6.07, 6.45) is 6.20. The van der Waals surface area contributed by atoms with Crippen molar-refractivity contribution in [3.8, 4) is 5.75 Å². The lowest BCUT2D eigenvalue weighted by Crippen LogP contribution is -2.23. The average Bonchev–Trinajstić information content (AvgIpc) is 3.62. The van der Waals surface area contributed by atoms with Crippen LogP contribution in [0.1, 0.15) is 62.3 Å². The Bertz CT molecular complexity index is 1530. The van der Waals surface area contributed by atoms with Crippen LogP contribution in [-0.2, 0) is 18.9 Å². The molecule has 3 heterocycles. The molecule has 0 unspecified atom stereocenters. The van der Waals surface area contributed by atoms with E-state index in [0.717, 1.165) is 24.7 Å². The monoisotopic (exact) mass is 557 g/mol. The number of hydrogen-bond donors (Lipinski definition) is 1. The Balaban J connectivity index is 1.57. The summed E-state index contributed by atoms with van der Waals surface area (Å²) in [6, 6.07) is 4.18. The second kappa shape index (κ2) is 11.2. The Morgan fingerprint density at radius 3 is 2.67 bits per heavy atom. The van der Waals surface area contributed by atoms with Crippen molar-refractivity contribution >= 4 is 23.5 Å². The van der Waals surface area contributed by atoms with Crippen LogP contribution < -0.4 is 10.3 Å². The van der Waals surface area contributed by atoms with Crippen LogP contribution in [0, 0.1) is 18.6 Å². The van der Waals surface area contributed by atoms with Crippen molar-refractivity contribution in [3.05, 3.63) is 92.4 Å². The van der Waals surface area contributed by atoms with Crippen molar-refractivity contribution in [2.75, 3.05) is 0 Å². The van der Waals surface area contributed by atoms with Gasteiger partial charge in [-0.15, -0.1) is 0 Å². The molecule has 3 aromatic heterocycles. The maximum atomic E-state index is 13.9. The maximum Gasteiger partial charge on any atom is 0.277 e. The van der Waals surface area contributed by atoms with Gasteiger partial charge in [0.25, 0.3) is 5.56 Å². The largest absolute Gasteiger partial charge is 0.485 e. The first-order valence-electron chi connectivity index (χ1n) is 12.4. The van der Waals surface area contributed by atoms with Gasteiger partial charge in [0.2, 0.25) is 0 Å². The minimum absolute atomic E-state index is 0.0459. The van der Waals surface area contributed by atoms with Gasteiger partial charge in [-0.25, -0.2) is 13.5 Å². The first-order chi connectivity index (χ1) is 18.4. The first-order valence-corrected chi connectivity index (χ1v) is 12.8. The van der Waals surface area contributed by atoms with Crippen LogP contribution in [0.3, 0.4) is 0 Å². The molecule has 11 heteroatoms. The van der Waals surface area contributed by atoms with Gasteiger partial charge in [0.1, 0.15) is 41.2 Å². The molecular formula is C28H30ClF2N5O3. The highest BCUT2D eigenvalue weighted by Gasteiger charge is 2.30. The number of ether oxygens (including phenoxy) is 1.